The second-order valence-corrected chi connectivity index (χ2v) is 5.74. The van der Waals surface area contributed by atoms with Crippen LogP contribution in [-0.2, 0) is 6.61 Å². The van der Waals surface area contributed by atoms with Gasteiger partial charge in [-0.15, -0.1) is 11.3 Å². The van der Waals surface area contributed by atoms with Gasteiger partial charge in [0.25, 0.3) is 0 Å². The normalized spacial score (nSPS) is 15.2. The first kappa shape index (κ1) is 11.2. The largest absolute Gasteiger partial charge is 0.390 e. The van der Waals surface area contributed by atoms with Gasteiger partial charge in [-0.1, -0.05) is 23.7 Å². The molecule has 1 aliphatic rings. The lowest BCUT2D eigenvalue weighted by Gasteiger charge is -1.95. The number of aliphatic hydroxyl groups is 1. The van der Waals surface area contributed by atoms with Crippen LogP contribution < -0.4 is 0 Å². The minimum absolute atomic E-state index is 0.0376. The van der Waals surface area contributed by atoms with Gasteiger partial charge in [-0.05, 0) is 30.9 Å². The summed E-state index contributed by atoms with van der Waals surface area (Å²) in [5.41, 5.74) is 1.92. The summed E-state index contributed by atoms with van der Waals surface area (Å²) in [7, 11) is 0. The van der Waals surface area contributed by atoms with E-state index in [1.807, 2.05) is 24.3 Å². The Labute approximate surface area is 109 Å². The highest BCUT2D eigenvalue weighted by Crippen LogP contribution is 2.46. The van der Waals surface area contributed by atoms with Crippen molar-refractivity contribution in [3.63, 3.8) is 0 Å². The molecule has 0 unspecified atom stereocenters. The van der Waals surface area contributed by atoms with Crippen molar-refractivity contribution >= 4 is 22.9 Å². The number of hydrogen-bond acceptors (Lipinski definition) is 3. The molecule has 1 saturated carbocycles. The number of rotatable bonds is 3. The van der Waals surface area contributed by atoms with Gasteiger partial charge < -0.3 is 5.11 Å². The number of nitrogens with zero attached hydrogens (tertiary/aromatic N) is 1. The first-order chi connectivity index (χ1) is 8.28. The molecule has 1 aromatic carbocycles. The van der Waals surface area contributed by atoms with Crippen molar-refractivity contribution in [1.29, 1.82) is 0 Å². The molecule has 0 aliphatic heterocycles. The number of aliphatic hydroxyl groups excluding tert-OH is 1. The second kappa shape index (κ2) is 4.41. The van der Waals surface area contributed by atoms with E-state index in [1.165, 1.54) is 17.7 Å². The van der Waals surface area contributed by atoms with Gasteiger partial charge in [0, 0.05) is 15.5 Å². The van der Waals surface area contributed by atoms with E-state index < -0.39 is 0 Å². The van der Waals surface area contributed by atoms with Crippen molar-refractivity contribution in [3.05, 3.63) is 39.9 Å². The average molecular weight is 266 g/mol. The van der Waals surface area contributed by atoms with Crippen molar-refractivity contribution in [2.24, 2.45) is 0 Å². The lowest BCUT2D eigenvalue weighted by Crippen LogP contribution is -1.88. The predicted octanol–water partition coefficient (Wildman–Crippen LogP) is 3.83. The molecule has 1 aromatic heterocycles. The van der Waals surface area contributed by atoms with Crippen LogP contribution in [-0.4, -0.2) is 10.1 Å². The molecule has 1 N–H and O–H groups in total. The number of halogens is 1. The zero-order chi connectivity index (χ0) is 11.8. The lowest BCUT2D eigenvalue weighted by molar-refractivity contribution is 0.276. The van der Waals surface area contributed by atoms with Crippen molar-refractivity contribution in [2.45, 2.75) is 25.4 Å². The highest BCUT2D eigenvalue weighted by molar-refractivity contribution is 7.15. The van der Waals surface area contributed by atoms with Crippen LogP contribution >= 0.6 is 22.9 Å². The predicted molar refractivity (Wildman–Crippen MR) is 70.5 cm³/mol. The Hall–Kier alpha value is -0.900. The van der Waals surface area contributed by atoms with Crippen LogP contribution in [0.15, 0.2) is 24.3 Å². The van der Waals surface area contributed by atoms with Gasteiger partial charge in [0.05, 0.1) is 12.3 Å². The summed E-state index contributed by atoms with van der Waals surface area (Å²) in [6, 6.07) is 7.68. The Bertz CT molecular complexity index is 531. The molecule has 2 nitrogen and oxygen atoms in total. The Kier molecular flexibility index (Phi) is 2.90. The Morgan fingerprint density at radius 2 is 2.00 bits per heavy atom. The quantitative estimate of drug-likeness (QED) is 0.915. The summed E-state index contributed by atoms with van der Waals surface area (Å²) >= 11 is 7.57. The van der Waals surface area contributed by atoms with Crippen molar-refractivity contribution in [2.75, 3.05) is 0 Å². The van der Waals surface area contributed by atoms with E-state index in [0.717, 1.165) is 21.3 Å². The van der Waals surface area contributed by atoms with Gasteiger partial charge in [-0.2, -0.15) is 0 Å². The monoisotopic (exact) mass is 265 g/mol. The van der Waals surface area contributed by atoms with Crippen LogP contribution in [0.4, 0.5) is 0 Å². The average Bonchev–Trinajstić information content (AvgIpc) is 3.10. The molecular formula is C13H12ClNOS. The number of aromatic nitrogens is 1. The fourth-order valence-electron chi connectivity index (χ4n) is 1.86. The van der Waals surface area contributed by atoms with Gasteiger partial charge in [0.2, 0.25) is 0 Å². The molecule has 1 heterocycles. The molecule has 3 rings (SSSR count). The summed E-state index contributed by atoms with van der Waals surface area (Å²) in [5, 5.41) is 11.0. The smallest absolute Gasteiger partial charge is 0.123 e. The van der Waals surface area contributed by atoms with E-state index in [4.69, 9.17) is 11.6 Å². The molecule has 0 spiro atoms. The topological polar surface area (TPSA) is 33.1 Å². The van der Waals surface area contributed by atoms with Crippen molar-refractivity contribution in [3.8, 4) is 10.6 Å². The van der Waals surface area contributed by atoms with E-state index >= 15 is 0 Å². The minimum Gasteiger partial charge on any atom is -0.390 e. The molecule has 0 bridgehead atoms. The van der Waals surface area contributed by atoms with Crippen molar-refractivity contribution < 1.29 is 5.11 Å². The zero-order valence-corrected chi connectivity index (χ0v) is 10.8. The maximum atomic E-state index is 9.32. The van der Waals surface area contributed by atoms with Gasteiger partial charge in [-0.25, -0.2) is 4.98 Å². The third kappa shape index (κ3) is 2.23. The van der Waals surface area contributed by atoms with Crippen LogP contribution in [0.2, 0.25) is 5.02 Å². The summed E-state index contributed by atoms with van der Waals surface area (Å²) in [6.07, 6.45) is 2.46. The molecule has 1 aliphatic carbocycles. The van der Waals surface area contributed by atoms with Crippen molar-refractivity contribution in [1.82, 2.24) is 4.98 Å². The first-order valence-corrected chi connectivity index (χ1v) is 6.84. The maximum Gasteiger partial charge on any atom is 0.123 e. The Balaban J connectivity index is 2.00. The molecule has 88 valence electrons. The van der Waals surface area contributed by atoms with Crippen LogP contribution in [0.25, 0.3) is 10.6 Å². The summed E-state index contributed by atoms with van der Waals surface area (Å²) in [6.45, 7) is 0.0376. The third-order valence-corrected chi connectivity index (χ3v) is 4.48. The first-order valence-electron chi connectivity index (χ1n) is 5.64. The summed E-state index contributed by atoms with van der Waals surface area (Å²) < 4.78 is 0. The van der Waals surface area contributed by atoms with Crippen LogP contribution in [0, 0.1) is 0 Å². The number of benzene rings is 1. The number of thiazole rings is 1. The SMILES string of the molecule is OCc1nc(-c2ccc(Cl)cc2)sc1C1CC1. The van der Waals surface area contributed by atoms with E-state index in [2.05, 4.69) is 4.98 Å². The summed E-state index contributed by atoms with van der Waals surface area (Å²) in [4.78, 5) is 5.78. The van der Waals surface area contributed by atoms with Gasteiger partial charge in [0.1, 0.15) is 5.01 Å². The fourth-order valence-corrected chi connectivity index (χ4v) is 3.23. The Morgan fingerprint density at radius 3 is 2.59 bits per heavy atom. The van der Waals surface area contributed by atoms with E-state index in [1.54, 1.807) is 11.3 Å². The molecule has 0 amide bonds. The van der Waals surface area contributed by atoms with E-state index in [9.17, 15) is 5.11 Å². The molecule has 0 atom stereocenters. The Morgan fingerprint density at radius 1 is 1.29 bits per heavy atom. The van der Waals surface area contributed by atoms with Crippen LogP contribution in [0.5, 0.6) is 0 Å². The van der Waals surface area contributed by atoms with Crippen LogP contribution in [0.3, 0.4) is 0 Å². The molecule has 2 aromatic rings. The zero-order valence-electron chi connectivity index (χ0n) is 9.19. The van der Waals surface area contributed by atoms with Gasteiger partial charge in [0.15, 0.2) is 0 Å². The molecule has 17 heavy (non-hydrogen) atoms. The lowest BCUT2D eigenvalue weighted by atomic mass is 10.2. The molecule has 0 radical (unpaired) electrons. The summed E-state index contributed by atoms with van der Waals surface area (Å²) in [5.74, 6) is 0.635. The van der Waals surface area contributed by atoms with Crippen LogP contribution in [0.1, 0.15) is 29.3 Å². The van der Waals surface area contributed by atoms with E-state index in [-0.39, 0.29) is 6.61 Å². The highest BCUT2D eigenvalue weighted by Gasteiger charge is 2.29. The standard InChI is InChI=1S/C13H12ClNOS/c14-10-5-3-9(4-6-10)13-15-11(7-16)12(17-13)8-1-2-8/h3-6,8,16H,1-2,7H2. The molecule has 1 fully saturated rings. The van der Waals surface area contributed by atoms with Gasteiger partial charge in [-0.3, -0.25) is 0 Å². The molecule has 4 heteroatoms. The fraction of sp³-hybridized carbons (Fsp3) is 0.308. The minimum atomic E-state index is 0.0376. The maximum absolute atomic E-state index is 9.32. The second-order valence-electron chi connectivity index (χ2n) is 4.27. The van der Waals surface area contributed by atoms with Gasteiger partial charge >= 0.3 is 0 Å². The molecule has 0 saturated heterocycles. The molecular weight excluding hydrogens is 254 g/mol. The number of hydrogen-bond donors (Lipinski definition) is 1. The van der Waals surface area contributed by atoms with E-state index in [0.29, 0.717) is 5.92 Å². The highest BCUT2D eigenvalue weighted by atomic mass is 35.5. The third-order valence-electron chi connectivity index (χ3n) is 2.92.